The largest absolute Gasteiger partial charge is 0.497 e. The molecule has 0 aliphatic rings. The molecule has 2 aromatic carbocycles. The first-order chi connectivity index (χ1) is 13.7. The van der Waals surface area contributed by atoms with E-state index in [0.29, 0.717) is 25.5 Å². The van der Waals surface area contributed by atoms with Gasteiger partial charge >= 0.3 is 0 Å². The van der Waals surface area contributed by atoms with Crippen molar-refractivity contribution in [3.8, 4) is 11.4 Å². The molecule has 3 rings (SSSR count). The highest BCUT2D eigenvalue weighted by Crippen LogP contribution is 2.14. The van der Waals surface area contributed by atoms with Crippen LogP contribution in [0.4, 0.5) is 4.39 Å². The van der Waals surface area contributed by atoms with Crippen molar-refractivity contribution in [1.82, 2.24) is 20.4 Å². The molecule has 1 aromatic heterocycles. The number of ether oxygens (including phenoxy) is 1. The van der Waals surface area contributed by atoms with Gasteiger partial charge in [-0.25, -0.2) is 9.07 Å². The van der Waals surface area contributed by atoms with Crippen molar-refractivity contribution in [3.63, 3.8) is 0 Å². The van der Waals surface area contributed by atoms with Crippen LogP contribution in [0.25, 0.3) is 5.69 Å². The van der Waals surface area contributed by atoms with E-state index >= 15 is 0 Å². The Morgan fingerprint density at radius 2 is 1.96 bits per heavy atom. The number of nitrogens with one attached hydrogen (secondary N) is 2. The molecule has 0 fully saturated rings. The molecular weight excluding hydrogens is 357 g/mol. The number of hydrogen-bond acceptors (Lipinski definition) is 3. The number of guanidine groups is 1. The van der Waals surface area contributed by atoms with Gasteiger partial charge in [0.2, 0.25) is 0 Å². The molecule has 3 aromatic rings. The first-order valence-corrected chi connectivity index (χ1v) is 9.06. The smallest absolute Gasteiger partial charge is 0.191 e. The maximum Gasteiger partial charge on any atom is 0.191 e. The lowest BCUT2D eigenvalue weighted by molar-refractivity contribution is 0.414. The average Bonchev–Trinajstić information content (AvgIpc) is 3.19. The highest BCUT2D eigenvalue weighted by Gasteiger charge is 2.04. The van der Waals surface area contributed by atoms with Crippen LogP contribution in [0.3, 0.4) is 0 Å². The molecule has 1 heterocycles. The lowest BCUT2D eigenvalue weighted by Crippen LogP contribution is -2.38. The Morgan fingerprint density at radius 1 is 1.14 bits per heavy atom. The Balaban J connectivity index is 1.49. The van der Waals surface area contributed by atoms with E-state index in [9.17, 15) is 4.39 Å². The molecule has 146 valence electrons. The van der Waals surface area contributed by atoms with Crippen molar-refractivity contribution in [2.45, 2.75) is 13.0 Å². The fourth-order valence-corrected chi connectivity index (χ4v) is 2.75. The Hall–Kier alpha value is -3.35. The van der Waals surface area contributed by atoms with Crippen molar-refractivity contribution in [1.29, 1.82) is 0 Å². The van der Waals surface area contributed by atoms with E-state index in [-0.39, 0.29) is 5.82 Å². The lowest BCUT2D eigenvalue weighted by Gasteiger charge is -2.11. The molecule has 0 aliphatic heterocycles. The van der Waals surface area contributed by atoms with Gasteiger partial charge in [0.25, 0.3) is 0 Å². The normalized spacial score (nSPS) is 11.3. The van der Waals surface area contributed by atoms with Crippen molar-refractivity contribution >= 4 is 5.96 Å². The molecule has 0 bridgehead atoms. The third kappa shape index (κ3) is 5.33. The Labute approximate surface area is 164 Å². The summed E-state index contributed by atoms with van der Waals surface area (Å²) in [5, 5.41) is 11.0. The number of rotatable bonds is 7. The molecule has 0 saturated carbocycles. The molecule has 2 N–H and O–H groups in total. The Morgan fingerprint density at radius 3 is 2.68 bits per heavy atom. The predicted molar refractivity (Wildman–Crippen MR) is 108 cm³/mol. The maximum atomic E-state index is 13.2. The van der Waals surface area contributed by atoms with E-state index in [2.05, 4.69) is 20.7 Å². The van der Waals surface area contributed by atoms with Crippen LogP contribution >= 0.6 is 0 Å². The highest BCUT2D eigenvalue weighted by atomic mass is 19.1. The van der Waals surface area contributed by atoms with E-state index in [1.165, 1.54) is 6.07 Å². The van der Waals surface area contributed by atoms with Gasteiger partial charge in [-0.15, -0.1) is 0 Å². The average molecular weight is 381 g/mol. The number of aliphatic imine (C=N–C) groups is 1. The van der Waals surface area contributed by atoms with Crippen LogP contribution in [0.15, 0.2) is 65.8 Å². The summed E-state index contributed by atoms with van der Waals surface area (Å²) in [6.45, 7) is 1.20. The Bertz CT molecular complexity index is 921. The van der Waals surface area contributed by atoms with E-state index < -0.39 is 0 Å². The van der Waals surface area contributed by atoms with Gasteiger partial charge in [0, 0.05) is 19.8 Å². The third-order valence-corrected chi connectivity index (χ3v) is 4.24. The van der Waals surface area contributed by atoms with Crippen LogP contribution in [0.5, 0.6) is 5.75 Å². The van der Waals surface area contributed by atoms with E-state index in [4.69, 9.17) is 4.74 Å². The monoisotopic (exact) mass is 381 g/mol. The lowest BCUT2D eigenvalue weighted by atomic mass is 10.1. The van der Waals surface area contributed by atoms with E-state index in [1.807, 2.05) is 47.3 Å². The van der Waals surface area contributed by atoms with Gasteiger partial charge in [-0.1, -0.05) is 12.1 Å². The van der Waals surface area contributed by atoms with Crippen LogP contribution in [0, 0.1) is 5.82 Å². The Kier molecular flexibility index (Phi) is 6.62. The summed E-state index contributed by atoms with van der Waals surface area (Å²) in [6, 6.07) is 16.3. The second kappa shape index (κ2) is 9.55. The van der Waals surface area contributed by atoms with Crippen molar-refractivity contribution in [2.24, 2.45) is 4.99 Å². The molecule has 0 unspecified atom stereocenters. The number of benzene rings is 2. The summed E-state index contributed by atoms with van der Waals surface area (Å²) < 4.78 is 20.2. The maximum absolute atomic E-state index is 13.2. The summed E-state index contributed by atoms with van der Waals surface area (Å²) in [7, 11) is 3.36. The highest BCUT2D eigenvalue weighted by molar-refractivity contribution is 5.79. The number of halogens is 1. The summed E-state index contributed by atoms with van der Waals surface area (Å²) in [4.78, 5) is 4.21. The van der Waals surface area contributed by atoms with Gasteiger partial charge in [0.15, 0.2) is 5.96 Å². The topological polar surface area (TPSA) is 63.5 Å². The third-order valence-electron chi connectivity index (χ3n) is 4.24. The SMILES string of the molecule is CN=C(NCCc1cccc(F)c1)NCc1ccn(-c2ccc(OC)cc2)n1. The van der Waals surface area contributed by atoms with Crippen LogP contribution in [-0.4, -0.2) is 36.4 Å². The summed E-state index contributed by atoms with van der Waals surface area (Å²) in [6.07, 6.45) is 2.63. The molecule has 0 amide bonds. The van der Waals surface area contributed by atoms with Gasteiger partial charge < -0.3 is 15.4 Å². The number of hydrogen-bond donors (Lipinski definition) is 2. The zero-order chi connectivity index (χ0) is 19.8. The molecular formula is C21H24FN5O. The van der Waals surface area contributed by atoms with Crippen molar-refractivity contribution in [2.75, 3.05) is 20.7 Å². The minimum atomic E-state index is -0.215. The molecule has 7 heteroatoms. The first-order valence-electron chi connectivity index (χ1n) is 9.06. The van der Waals surface area contributed by atoms with Gasteiger partial charge in [0.1, 0.15) is 11.6 Å². The van der Waals surface area contributed by atoms with E-state index in [0.717, 1.165) is 22.7 Å². The second-order valence-corrected chi connectivity index (χ2v) is 6.18. The molecule has 0 saturated heterocycles. The van der Waals surface area contributed by atoms with Gasteiger partial charge in [0.05, 0.1) is 25.0 Å². The van der Waals surface area contributed by atoms with Crippen LogP contribution in [0.2, 0.25) is 0 Å². The number of aromatic nitrogens is 2. The molecule has 0 aliphatic carbocycles. The molecule has 28 heavy (non-hydrogen) atoms. The molecule has 0 radical (unpaired) electrons. The van der Waals surface area contributed by atoms with Crippen molar-refractivity contribution < 1.29 is 9.13 Å². The molecule has 0 spiro atoms. The fraction of sp³-hybridized carbons (Fsp3) is 0.238. The molecule has 0 atom stereocenters. The van der Waals surface area contributed by atoms with Crippen LogP contribution in [-0.2, 0) is 13.0 Å². The summed E-state index contributed by atoms with van der Waals surface area (Å²) in [5.74, 6) is 1.27. The zero-order valence-electron chi connectivity index (χ0n) is 16.0. The number of methoxy groups -OCH3 is 1. The minimum Gasteiger partial charge on any atom is -0.497 e. The van der Waals surface area contributed by atoms with E-state index in [1.54, 1.807) is 26.3 Å². The van der Waals surface area contributed by atoms with Crippen LogP contribution < -0.4 is 15.4 Å². The fourth-order valence-electron chi connectivity index (χ4n) is 2.75. The van der Waals surface area contributed by atoms with Gasteiger partial charge in [-0.3, -0.25) is 4.99 Å². The first kappa shape index (κ1) is 19.4. The second-order valence-electron chi connectivity index (χ2n) is 6.18. The minimum absolute atomic E-state index is 0.215. The zero-order valence-corrected chi connectivity index (χ0v) is 16.0. The predicted octanol–water partition coefficient (Wildman–Crippen LogP) is 2.93. The van der Waals surface area contributed by atoms with Crippen LogP contribution in [0.1, 0.15) is 11.3 Å². The van der Waals surface area contributed by atoms with Crippen molar-refractivity contribution in [3.05, 3.63) is 77.9 Å². The number of nitrogens with zero attached hydrogens (tertiary/aromatic N) is 3. The standard InChI is InChI=1S/C21H24FN5O/c1-23-21(24-12-10-16-4-3-5-17(22)14-16)25-15-18-11-13-27(26-18)19-6-8-20(28-2)9-7-19/h3-9,11,13-14H,10,12,15H2,1-2H3,(H2,23,24,25). The summed E-state index contributed by atoms with van der Waals surface area (Å²) in [5.41, 5.74) is 2.80. The summed E-state index contributed by atoms with van der Waals surface area (Å²) >= 11 is 0. The van der Waals surface area contributed by atoms with Gasteiger partial charge in [-0.05, 0) is 54.4 Å². The quantitative estimate of drug-likeness (QED) is 0.488. The van der Waals surface area contributed by atoms with Gasteiger partial charge in [-0.2, -0.15) is 5.10 Å². The molecule has 6 nitrogen and oxygen atoms in total.